The molecule has 1 N–H and O–H groups in total. The zero-order valence-electron chi connectivity index (χ0n) is 13.3. The van der Waals surface area contributed by atoms with E-state index < -0.39 is 0 Å². The summed E-state index contributed by atoms with van der Waals surface area (Å²) >= 11 is 1.20. The molecule has 0 spiro atoms. The first-order valence-electron chi connectivity index (χ1n) is 7.70. The lowest BCUT2D eigenvalue weighted by Gasteiger charge is -2.31. The number of carbonyl (C=O) groups excluding carboxylic acids is 1. The van der Waals surface area contributed by atoms with Gasteiger partial charge >= 0.3 is 6.03 Å². The lowest BCUT2D eigenvalue weighted by atomic mass is 10.1. The maximum absolute atomic E-state index is 12.2. The van der Waals surface area contributed by atoms with E-state index in [9.17, 15) is 4.79 Å². The van der Waals surface area contributed by atoms with Crippen LogP contribution in [0, 0.1) is 13.8 Å². The van der Waals surface area contributed by atoms with Crippen molar-refractivity contribution in [3.05, 3.63) is 35.7 Å². The second-order valence-electron chi connectivity index (χ2n) is 5.69. The minimum Gasteiger partial charge on any atom is -0.490 e. The van der Waals surface area contributed by atoms with Crippen LogP contribution in [-0.4, -0.2) is 39.5 Å². The zero-order valence-corrected chi connectivity index (χ0v) is 14.1. The number of hydrogen-bond acceptors (Lipinski definition) is 5. The third kappa shape index (κ3) is 4.19. The van der Waals surface area contributed by atoms with E-state index in [1.807, 2.05) is 24.3 Å². The molecule has 0 unspecified atom stereocenters. The van der Waals surface area contributed by atoms with Crippen molar-refractivity contribution in [1.82, 2.24) is 14.3 Å². The van der Waals surface area contributed by atoms with E-state index >= 15 is 0 Å². The molecule has 6 nitrogen and oxygen atoms in total. The van der Waals surface area contributed by atoms with Crippen molar-refractivity contribution in [2.75, 3.05) is 18.4 Å². The Bertz CT molecular complexity index is 663. The third-order valence-electron chi connectivity index (χ3n) is 3.79. The fraction of sp³-hybridized carbons (Fsp3) is 0.438. The van der Waals surface area contributed by atoms with Crippen molar-refractivity contribution >= 4 is 22.7 Å². The topological polar surface area (TPSA) is 67.3 Å². The van der Waals surface area contributed by atoms with Gasteiger partial charge in [0.1, 0.15) is 17.7 Å². The van der Waals surface area contributed by atoms with Crippen molar-refractivity contribution in [3.63, 3.8) is 0 Å². The number of rotatable bonds is 3. The van der Waals surface area contributed by atoms with Gasteiger partial charge in [0.05, 0.1) is 0 Å². The number of benzene rings is 1. The summed E-state index contributed by atoms with van der Waals surface area (Å²) in [5.74, 6) is 1.57. The SMILES string of the molecule is Cc1ccc(OC2CCN(C(=O)Nc3nc(C)ns3)CC2)cc1. The molecule has 23 heavy (non-hydrogen) atoms. The third-order valence-corrected chi connectivity index (χ3v) is 4.52. The molecule has 2 amide bonds. The van der Waals surface area contributed by atoms with Crippen molar-refractivity contribution in [3.8, 4) is 5.75 Å². The van der Waals surface area contributed by atoms with Gasteiger partial charge < -0.3 is 9.64 Å². The first-order chi connectivity index (χ1) is 11.1. The minimum atomic E-state index is -0.116. The highest BCUT2D eigenvalue weighted by atomic mass is 32.1. The molecule has 1 aliphatic rings. The molecule has 0 bridgehead atoms. The lowest BCUT2D eigenvalue weighted by Crippen LogP contribution is -2.43. The van der Waals surface area contributed by atoms with Crippen molar-refractivity contribution in [2.24, 2.45) is 0 Å². The van der Waals surface area contributed by atoms with E-state index in [0.717, 1.165) is 18.6 Å². The molecule has 1 saturated heterocycles. The van der Waals surface area contributed by atoms with Gasteiger partial charge in [-0.3, -0.25) is 5.32 Å². The highest BCUT2D eigenvalue weighted by Gasteiger charge is 2.24. The number of anilines is 1. The maximum atomic E-state index is 12.2. The van der Waals surface area contributed by atoms with Crippen LogP contribution in [0.25, 0.3) is 0 Å². The molecule has 0 atom stereocenters. The van der Waals surface area contributed by atoms with Crippen LogP contribution in [0.2, 0.25) is 0 Å². The van der Waals surface area contributed by atoms with Gasteiger partial charge in [-0.05, 0) is 26.0 Å². The average molecular weight is 332 g/mol. The van der Waals surface area contributed by atoms with Crippen LogP contribution in [0.3, 0.4) is 0 Å². The summed E-state index contributed by atoms with van der Waals surface area (Å²) in [6, 6.07) is 7.96. The Balaban J connectivity index is 1.48. The van der Waals surface area contributed by atoms with E-state index in [-0.39, 0.29) is 12.1 Å². The number of hydrogen-bond donors (Lipinski definition) is 1. The summed E-state index contributed by atoms with van der Waals surface area (Å²) in [6.45, 7) is 5.22. The normalized spacial score (nSPS) is 15.5. The van der Waals surface area contributed by atoms with Gasteiger partial charge in [0.25, 0.3) is 0 Å². The summed E-state index contributed by atoms with van der Waals surface area (Å²) in [7, 11) is 0. The van der Waals surface area contributed by atoms with Crippen LogP contribution >= 0.6 is 11.5 Å². The maximum Gasteiger partial charge on any atom is 0.323 e. The quantitative estimate of drug-likeness (QED) is 0.937. The summed E-state index contributed by atoms with van der Waals surface area (Å²) in [5, 5.41) is 3.34. The number of ether oxygens (including phenoxy) is 1. The summed E-state index contributed by atoms with van der Waals surface area (Å²) < 4.78 is 10.0. The number of urea groups is 1. The van der Waals surface area contributed by atoms with E-state index in [2.05, 4.69) is 21.6 Å². The number of nitrogens with one attached hydrogen (secondary N) is 1. The first-order valence-corrected chi connectivity index (χ1v) is 8.47. The molecule has 122 valence electrons. The fourth-order valence-electron chi connectivity index (χ4n) is 2.50. The van der Waals surface area contributed by atoms with Gasteiger partial charge in [0.15, 0.2) is 0 Å². The van der Waals surface area contributed by atoms with Gasteiger partial charge in [0, 0.05) is 37.5 Å². The molecule has 2 heterocycles. The first kappa shape index (κ1) is 15.7. The summed E-state index contributed by atoms with van der Waals surface area (Å²) in [4.78, 5) is 18.1. The van der Waals surface area contributed by atoms with Crippen LogP contribution < -0.4 is 10.1 Å². The van der Waals surface area contributed by atoms with E-state index in [4.69, 9.17) is 4.74 Å². The Morgan fingerprint density at radius 2 is 1.96 bits per heavy atom. The molecule has 1 aromatic carbocycles. The van der Waals surface area contributed by atoms with Crippen LogP contribution in [0.4, 0.5) is 9.93 Å². The van der Waals surface area contributed by atoms with Gasteiger partial charge in [0.2, 0.25) is 5.13 Å². The largest absolute Gasteiger partial charge is 0.490 e. The average Bonchev–Trinajstić information content (AvgIpc) is 2.95. The molecule has 0 saturated carbocycles. The Morgan fingerprint density at radius 1 is 1.26 bits per heavy atom. The Kier molecular flexibility index (Phi) is 4.76. The molecular weight excluding hydrogens is 312 g/mol. The Hall–Kier alpha value is -2.15. The molecule has 2 aromatic rings. The highest BCUT2D eigenvalue weighted by molar-refractivity contribution is 7.09. The van der Waals surface area contributed by atoms with Crippen LogP contribution in [0.15, 0.2) is 24.3 Å². The molecular formula is C16H20N4O2S. The molecule has 7 heteroatoms. The van der Waals surface area contributed by atoms with Crippen molar-refractivity contribution < 1.29 is 9.53 Å². The monoisotopic (exact) mass is 332 g/mol. The fourth-order valence-corrected chi connectivity index (χ4v) is 3.07. The molecule has 3 rings (SSSR count). The number of amides is 2. The summed E-state index contributed by atoms with van der Waals surface area (Å²) in [6.07, 6.45) is 1.82. The standard InChI is InChI=1S/C16H20N4O2S/c1-11-3-5-13(6-4-11)22-14-7-9-20(10-8-14)16(21)18-15-17-12(2)19-23-15/h3-6,14H,7-10H2,1-2H3,(H,17,18,19,21). The number of aromatic nitrogens is 2. The smallest absolute Gasteiger partial charge is 0.323 e. The number of carbonyl (C=O) groups is 1. The van der Waals surface area contributed by atoms with Crippen molar-refractivity contribution in [1.29, 1.82) is 0 Å². The number of piperidine rings is 1. The van der Waals surface area contributed by atoms with Gasteiger partial charge in [-0.15, -0.1) is 0 Å². The predicted octanol–water partition coefficient (Wildman–Crippen LogP) is 3.23. The van der Waals surface area contributed by atoms with Crippen LogP contribution in [-0.2, 0) is 0 Å². The molecule has 1 aromatic heterocycles. The van der Waals surface area contributed by atoms with Crippen molar-refractivity contribution in [2.45, 2.75) is 32.8 Å². The molecule has 0 aliphatic carbocycles. The number of aryl methyl sites for hydroxylation is 2. The summed E-state index contributed by atoms with van der Waals surface area (Å²) in [5.41, 5.74) is 1.22. The molecule has 1 aliphatic heterocycles. The highest BCUT2D eigenvalue weighted by Crippen LogP contribution is 2.20. The van der Waals surface area contributed by atoms with Gasteiger partial charge in [-0.1, -0.05) is 17.7 Å². The number of likely N-dealkylation sites (tertiary alicyclic amines) is 1. The minimum absolute atomic E-state index is 0.116. The second kappa shape index (κ2) is 6.95. The van der Waals surface area contributed by atoms with E-state index in [0.29, 0.717) is 24.0 Å². The molecule has 0 radical (unpaired) electrons. The van der Waals surface area contributed by atoms with E-state index in [1.54, 1.807) is 11.8 Å². The van der Waals surface area contributed by atoms with Crippen LogP contribution in [0.5, 0.6) is 5.75 Å². The zero-order chi connectivity index (χ0) is 16.2. The predicted molar refractivity (Wildman–Crippen MR) is 90.1 cm³/mol. The van der Waals surface area contributed by atoms with Gasteiger partial charge in [-0.2, -0.15) is 4.37 Å². The van der Waals surface area contributed by atoms with E-state index in [1.165, 1.54) is 17.1 Å². The Morgan fingerprint density at radius 3 is 2.57 bits per heavy atom. The second-order valence-corrected chi connectivity index (χ2v) is 6.45. The van der Waals surface area contributed by atoms with Crippen LogP contribution in [0.1, 0.15) is 24.2 Å². The number of nitrogens with zero attached hydrogens (tertiary/aromatic N) is 3. The lowest BCUT2D eigenvalue weighted by molar-refractivity contribution is 0.115. The molecule has 1 fully saturated rings. The Labute approximate surface area is 139 Å². The van der Waals surface area contributed by atoms with Gasteiger partial charge in [-0.25, -0.2) is 9.78 Å².